The molecule has 0 radical (unpaired) electrons. The van der Waals surface area contributed by atoms with E-state index in [-0.39, 0.29) is 6.04 Å². The van der Waals surface area contributed by atoms with Crippen LogP contribution in [0.3, 0.4) is 0 Å². The van der Waals surface area contributed by atoms with Crippen LogP contribution >= 0.6 is 0 Å². The van der Waals surface area contributed by atoms with Crippen LogP contribution in [0.5, 0.6) is 0 Å². The second-order valence-electron chi connectivity index (χ2n) is 5.15. The van der Waals surface area contributed by atoms with E-state index in [2.05, 4.69) is 54.8 Å². The second kappa shape index (κ2) is 6.68. The Kier molecular flexibility index (Phi) is 4.93. The van der Waals surface area contributed by atoms with Gasteiger partial charge in [-0.25, -0.2) is 0 Å². The molecule has 0 saturated carbocycles. The molecular formula is C16H24N4. The summed E-state index contributed by atoms with van der Waals surface area (Å²) in [5.41, 5.74) is 7.88. The molecule has 2 aromatic rings. The fraction of sp³-hybridized carbons (Fsp3) is 0.438. The molecule has 2 rings (SSSR count). The van der Waals surface area contributed by atoms with Crippen molar-refractivity contribution >= 4 is 0 Å². The zero-order chi connectivity index (χ0) is 14.5. The van der Waals surface area contributed by atoms with E-state index in [1.165, 1.54) is 16.7 Å². The molecule has 0 aliphatic heterocycles. The molecule has 1 unspecified atom stereocenters. The number of nitrogens with zero attached hydrogens (tertiary/aromatic N) is 2. The van der Waals surface area contributed by atoms with Gasteiger partial charge >= 0.3 is 0 Å². The van der Waals surface area contributed by atoms with Crippen LogP contribution in [0.1, 0.15) is 42.3 Å². The molecule has 0 amide bonds. The van der Waals surface area contributed by atoms with Gasteiger partial charge in [0.1, 0.15) is 0 Å². The largest absolute Gasteiger partial charge is 0.275 e. The molecule has 1 atom stereocenters. The predicted octanol–water partition coefficient (Wildman–Crippen LogP) is 2.29. The third-order valence-corrected chi connectivity index (χ3v) is 3.72. The number of benzene rings is 1. The number of nitrogens with one attached hydrogen (secondary N) is 1. The first kappa shape index (κ1) is 14.8. The quantitative estimate of drug-likeness (QED) is 0.626. The monoisotopic (exact) mass is 272 g/mol. The lowest BCUT2D eigenvalue weighted by molar-refractivity contribution is 0.547. The first-order valence-electron chi connectivity index (χ1n) is 7.24. The Balaban J connectivity index is 2.19. The number of hydrogen-bond acceptors (Lipinski definition) is 3. The average molecular weight is 272 g/mol. The van der Waals surface area contributed by atoms with Gasteiger partial charge in [-0.15, -0.1) is 0 Å². The summed E-state index contributed by atoms with van der Waals surface area (Å²) in [5.74, 6) is 5.75. The lowest BCUT2D eigenvalue weighted by atomic mass is 9.98. The molecule has 0 saturated heterocycles. The minimum Gasteiger partial charge on any atom is -0.275 e. The van der Waals surface area contributed by atoms with Crippen molar-refractivity contribution in [1.29, 1.82) is 0 Å². The van der Waals surface area contributed by atoms with Gasteiger partial charge in [0.15, 0.2) is 0 Å². The van der Waals surface area contributed by atoms with Crippen molar-refractivity contribution in [3.05, 3.63) is 52.8 Å². The molecule has 0 spiro atoms. The number of hydrazine groups is 1. The Labute approximate surface area is 121 Å². The highest BCUT2D eigenvalue weighted by Crippen LogP contribution is 2.21. The van der Waals surface area contributed by atoms with E-state index < -0.39 is 0 Å². The van der Waals surface area contributed by atoms with E-state index >= 15 is 0 Å². The molecule has 0 fully saturated rings. The van der Waals surface area contributed by atoms with Crippen LogP contribution in [-0.4, -0.2) is 9.78 Å². The molecule has 108 valence electrons. The van der Waals surface area contributed by atoms with Crippen molar-refractivity contribution < 1.29 is 0 Å². The van der Waals surface area contributed by atoms with E-state index in [0.29, 0.717) is 0 Å². The van der Waals surface area contributed by atoms with Gasteiger partial charge in [0.2, 0.25) is 0 Å². The maximum atomic E-state index is 5.75. The summed E-state index contributed by atoms with van der Waals surface area (Å²) < 4.78 is 1.86. The van der Waals surface area contributed by atoms with E-state index in [1.807, 2.05) is 11.7 Å². The lowest BCUT2D eigenvalue weighted by Gasteiger charge is -2.16. The molecule has 1 aromatic heterocycles. The molecule has 3 N–H and O–H groups in total. The Hall–Kier alpha value is -1.65. The van der Waals surface area contributed by atoms with E-state index in [9.17, 15) is 0 Å². The fourth-order valence-corrected chi connectivity index (χ4v) is 2.52. The molecule has 4 nitrogen and oxygen atoms in total. The summed E-state index contributed by atoms with van der Waals surface area (Å²) in [6.45, 7) is 4.29. The Morgan fingerprint density at radius 1 is 1.15 bits per heavy atom. The smallest absolute Gasteiger partial charge is 0.0670 e. The van der Waals surface area contributed by atoms with Gasteiger partial charge in [0, 0.05) is 18.8 Å². The minimum absolute atomic E-state index is 0.103. The predicted molar refractivity (Wildman–Crippen MR) is 82.2 cm³/mol. The summed E-state index contributed by atoms with van der Waals surface area (Å²) in [5, 5.41) is 4.49. The Morgan fingerprint density at radius 3 is 2.35 bits per heavy atom. The number of aromatic nitrogens is 2. The van der Waals surface area contributed by atoms with Crippen LogP contribution in [0.15, 0.2) is 30.5 Å². The van der Waals surface area contributed by atoms with Crippen LogP contribution in [0.2, 0.25) is 0 Å². The highest BCUT2D eigenvalue weighted by Gasteiger charge is 2.17. The average Bonchev–Trinajstić information content (AvgIpc) is 2.86. The SMILES string of the molecule is CCc1ccc(CC(NN)c2cn(C)nc2CC)cc1. The third kappa shape index (κ3) is 3.26. The number of rotatable bonds is 6. The summed E-state index contributed by atoms with van der Waals surface area (Å²) in [4.78, 5) is 0. The highest BCUT2D eigenvalue weighted by atomic mass is 15.3. The molecular weight excluding hydrogens is 248 g/mol. The van der Waals surface area contributed by atoms with E-state index in [0.717, 1.165) is 25.0 Å². The van der Waals surface area contributed by atoms with Gasteiger partial charge in [-0.3, -0.25) is 16.0 Å². The van der Waals surface area contributed by atoms with Crippen molar-refractivity contribution in [3.8, 4) is 0 Å². The Bertz CT molecular complexity index is 542. The number of hydrogen-bond donors (Lipinski definition) is 2. The van der Waals surface area contributed by atoms with Gasteiger partial charge in [-0.1, -0.05) is 38.1 Å². The molecule has 20 heavy (non-hydrogen) atoms. The Morgan fingerprint density at radius 2 is 1.80 bits per heavy atom. The van der Waals surface area contributed by atoms with Gasteiger partial charge in [-0.05, 0) is 30.4 Å². The van der Waals surface area contributed by atoms with Crippen molar-refractivity contribution in [1.82, 2.24) is 15.2 Å². The van der Waals surface area contributed by atoms with Crippen molar-refractivity contribution in [2.24, 2.45) is 12.9 Å². The van der Waals surface area contributed by atoms with Gasteiger partial charge in [0.05, 0.1) is 11.7 Å². The molecule has 0 aliphatic carbocycles. The van der Waals surface area contributed by atoms with Crippen LogP contribution < -0.4 is 11.3 Å². The molecule has 0 bridgehead atoms. The van der Waals surface area contributed by atoms with Crippen molar-refractivity contribution in [3.63, 3.8) is 0 Å². The molecule has 1 aromatic carbocycles. The van der Waals surface area contributed by atoms with Crippen LogP contribution in [0, 0.1) is 0 Å². The summed E-state index contributed by atoms with van der Waals surface area (Å²) in [6, 6.07) is 8.85. The second-order valence-corrected chi connectivity index (χ2v) is 5.15. The maximum absolute atomic E-state index is 5.75. The standard InChI is InChI=1S/C16H24N4/c1-4-12-6-8-13(9-7-12)10-16(18-17)14-11-20(3)19-15(14)5-2/h6-9,11,16,18H,4-5,10,17H2,1-3H3. The third-order valence-electron chi connectivity index (χ3n) is 3.72. The molecule has 4 heteroatoms. The normalized spacial score (nSPS) is 12.6. The fourth-order valence-electron chi connectivity index (χ4n) is 2.52. The lowest BCUT2D eigenvalue weighted by Crippen LogP contribution is -2.30. The van der Waals surface area contributed by atoms with E-state index in [4.69, 9.17) is 5.84 Å². The number of nitrogens with two attached hydrogens (primary N) is 1. The van der Waals surface area contributed by atoms with Crippen molar-refractivity contribution in [2.75, 3.05) is 0 Å². The summed E-state index contributed by atoms with van der Waals surface area (Å²) in [6.07, 6.45) is 4.92. The molecule has 0 aliphatic rings. The molecule has 1 heterocycles. The zero-order valence-electron chi connectivity index (χ0n) is 12.6. The first-order valence-corrected chi connectivity index (χ1v) is 7.24. The van der Waals surface area contributed by atoms with Crippen LogP contribution in [0.4, 0.5) is 0 Å². The minimum atomic E-state index is 0.103. The maximum Gasteiger partial charge on any atom is 0.0670 e. The zero-order valence-corrected chi connectivity index (χ0v) is 12.6. The topological polar surface area (TPSA) is 55.9 Å². The van der Waals surface area contributed by atoms with Crippen LogP contribution in [-0.2, 0) is 26.3 Å². The summed E-state index contributed by atoms with van der Waals surface area (Å²) >= 11 is 0. The highest BCUT2D eigenvalue weighted by molar-refractivity contribution is 5.27. The number of aryl methyl sites for hydroxylation is 3. The summed E-state index contributed by atoms with van der Waals surface area (Å²) in [7, 11) is 1.95. The van der Waals surface area contributed by atoms with Gasteiger partial charge in [0.25, 0.3) is 0 Å². The van der Waals surface area contributed by atoms with Crippen molar-refractivity contribution in [2.45, 2.75) is 39.2 Å². The van der Waals surface area contributed by atoms with E-state index in [1.54, 1.807) is 0 Å². The first-order chi connectivity index (χ1) is 9.67. The van der Waals surface area contributed by atoms with Gasteiger partial charge < -0.3 is 0 Å². The van der Waals surface area contributed by atoms with Crippen LogP contribution in [0.25, 0.3) is 0 Å². The van der Waals surface area contributed by atoms with Gasteiger partial charge in [-0.2, -0.15) is 5.10 Å².